The zero-order valence-electron chi connectivity index (χ0n) is 9.92. The van der Waals surface area contributed by atoms with Crippen molar-refractivity contribution in [2.45, 2.75) is 38.6 Å². The Bertz CT molecular complexity index is 426. The highest BCUT2D eigenvalue weighted by Gasteiger charge is 2.23. The summed E-state index contributed by atoms with van der Waals surface area (Å²) in [5, 5.41) is 0. The first-order valence-electron chi connectivity index (χ1n) is 6.23. The number of hydrogen-bond acceptors (Lipinski definition) is 3. The molecule has 1 aliphatic carbocycles. The number of hydrogen-bond donors (Lipinski definition) is 1. The van der Waals surface area contributed by atoms with Crippen LogP contribution in [0.1, 0.15) is 35.4 Å². The number of nitrogen functional groups attached to an aromatic ring is 1. The number of pyridine rings is 1. The van der Waals surface area contributed by atoms with Gasteiger partial charge in [0.05, 0.1) is 0 Å². The summed E-state index contributed by atoms with van der Waals surface area (Å²) in [5.74, 6) is 0. The van der Waals surface area contributed by atoms with E-state index < -0.39 is 0 Å². The van der Waals surface area contributed by atoms with E-state index in [0.717, 1.165) is 38.0 Å². The van der Waals surface area contributed by atoms with Crippen LogP contribution in [0.2, 0.25) is 0 Å². The van der Waals surface area contributed by atoms with Gasteiger partial charge in [-0.1, -0.05) is 0 Å². The van der Waals surface area contributed by atoms with Crippen LogP contribution in [0.25, 0.3) is 0 Å². The fourth-order valence-corrected chi connectivity index (χ4v) is 2.90. The molecule has 0 radical (unpaired) electrons. The standard InChI is InChI=1S/C13H19N3/c1-16-7-6-12-10(8-16)13(14)9-4-2-3-5-11(9)15-12/h2-8H2,1H3,(H2,14,15). The van der Waals surface area contributed by atoms with Crippen LogP contribution >= 0.6 is 0 Å². The molecule has 0 aromatic carbocycles. The van der Waals surface area contributed by atoms with Crippen molar-refractivity contribution in [2.24, 2.45) is 0 Å². The van der Waals surface area contributed by atoms with E-state index in [1.807, 2.05) is 0 Å². The molecule has 1 aliphatic heterocycles. The summed E-state index contributed by atoms with van der Waals surface area (Å²) in [7, 11) is 2.15. The van der Waals surface area contributed by atoms with Crippen molar-refractivity contribution in [3.63, 3.8) is 0 Å². The lowest BCUT2D eigenvalue weighted by molar-refractivity contribution is 0.310. The second-order valence-corrected chi connectivity index (χ2v) is 5.07. The summed E-state index contributed by atoms with van der Waals surface area (Å²) < 4.78 is 0. The predicted molar refractivity (Wildman–Crippen MR) is 65.3 cm³/mol. The van der Waals surface area contributed by atoms with Crippen LogP contribution in [0.4, 0.5) is 5.69 Å². The minimum Gasteiger partial charge on any atom is -0.398 e. The Kier molecular flexibility index (Phi) is 2.36. The average molecular weight is 217 g/mol. The lowest BCUT2D eigenvalue weighted by Crippen LogP contribution is -2.29. The van der Waals surface area contributed by atoms with Gasteiger partial charge in [-0.2, -0.15) is 0 Å². The number of anilines is 1. The summed E-state index contributed by atoms with van der Waals surface area (Å²) in [4.78, 5) is 7.17. The van der Waals surface area contributed by atoms with Gasteiger partial charge in [-0.15, -0.1) is 0 Å². The van der Waals surface area contributed by atoms with E-state index >= 15 is 0 Å². The number of aryl methyl sites for hydroxylation is 1. The lowest BCUT2D eigenvalue weighted by atomic mass is 9.90. The van der Waals surface area contributed by atoms with Gasteiger partial charge in [-0.3, -0.25) is 4.98 Å². The third-order valence-electron chi connectivity index (χ3n) is 3.87. The van der Waals surface area contributed by atoms with Crippen molar-refractivity contribution in [2.75, 3.05) is 19.3 Å². The smallest absolute Gasteiger partial charge is 0.0485 e. The molecule has 0 saturated heterocycles. The Labute approximate surface area is 96.7 Å². The molecule has 1 aromatic heterocycles. The van der Waals surface area contributed by atoms with Crippen LogP contribution in [-0.2, 0) is 25.8 Å². The first-order chi connectivity index (χ1) is 7.75. The molecular formula is C13H19N3. The van der Waals surface area contributed by atoms with Crippen molar-refractivity contribution < 1.29 is 0 Å². The summed E-state index contributed by atoms with van der Waals surface area (Å²) in [5.41, 5.74) is 12.6. The molecule has 0 spiro atoms. The quantitative estimate of drug-likeness (QED) is 0.716. The number of fused-ring (bicyclic) bond motifs is 2. The Balaban J connectivity index is 2.12. The molecule has 1 aromatic rings. The maximum atomic E-state index is 6.32. The third-order valence-corrected chi connectivity index (χ3v) is 3.87. The number of aromatic nitrogens is 1. The molecular weight excluding hydrogens is 198 g/mol. The summed E-state index contributed by atoms with van der Waals surface area (Å²) >= 11 is 0. The zero-order chi connectivity index (χ0) is 11.1. The Morgan fingerprint density at radius 3 is 2.69 bits per heavy atom. The Morgan fingerprint density at radius 2 is 1.81 bits per heavy atom. The molecule has 0 fully saturated rings. The van der Waals surface area contributed by atoms with E-state index in [4.69, 9.17) is 10.7 Å². The highest BCUT2D eigenvalue weighted by molar-refractivity contribution is 5.58. The molecule has 2 heterocycles. The molecule has 3 rings (SSSR count). The van der Waals surface area contributed by atoms with Gasteiger partial charge in [0.15, 0.2) is 0 Å². The highest BCUT2D eigenvalue weighted by atomic mass is 15.1. The molecule has 3 nitrogen and oxygen atoms in total. The topological polar surface area (TPSA) is 42.2 Å². The Morgan fingerprint density at radius 1 is 1.06 bits per heavy atom. The van der Waals surface area contributed by atoms with Gasteiger partial charge < -0.3 is 10.6 Å². The molecule has 0 amide bonds. The van der Waals surface area contributed by atoms with Gasteiger partial charge in [-0.25, -0.2) is 0 Å². The minimum absolute atomic E-state index is 0.974. The van der Waals surface area contributed by atoms with E-state index in [0.29, 0.717) is 0 Å². The SMILES string of the molecule is CN1CCc2nc3c(c(N)c2C1)CCCC3. The minimum atomic E-state index is 0.974. The van der Waals surface area contributed by atoms with Crippen LogP contribution in [0, 0.1) is 0 Å². The van der Waals surface area contributed by atoms with Gasteiger partial charge in [0.1, 0.15) is 0 Å². The average Bonchev–Trinajstić information content (AvgIpc) is 2.31. The molecule has 2 N–H and O–H groups in total. The van der Waals surface area contributed by atoms with Crippen molar-refractivity contribution in [1.82, 2.24) is 9.88 Å². The van der Waals surface area contributed by atoms with Crippen LogP contribution in [0.3, 0.4) is 0 Å². The van der Waals surface area contributed by atoms with Crippen LogP contribution in [0.15, 0.2) is 0 Å². The number of likely N-dealkylation sites (N-methyl/N-ethyl adjacent to an activating group) is 1. The van der Waals surface area contributed by atoms with E-state index in [1.165, 1.54) is 35.4 Å². The summed E-state index contributed by atoms with van der Waals surface area (Å²) in [6.45, 7) is 2.08. The maximum Gasteiger partial charge on any atom is 0.0485 e. The third kappa shape index (κ3) is 1.50. The van der Waals surface area contributed by atoms with E-state index in [1.54, 1.807) is 0 Å². The number of nitrogens with two attached hydrogens (primary N) is 1. The van der Waals surface area contributed by atoms with Gasteiger partial charge >= 0.3 is 0 Å². The number of nitrogens with zero attached hydrogens (tertiary/aromatic N) is 2. The lowest BCUT2D eigenvalue weighted by Gasteiger charge is -2.29. The first kappa shape index (κ1) is 10.1. The molecule has 0 unspecified atom stereocenters. The molecule has 86 valence electrons. The summed E-state index contributed by atoms with van der Waals surface area (Å²) in [6, 6.07) is 0. The summed E-state index contributed by atoms with van der Waals surface area (Å²) in [6.07, 6.45) is 5.86. The fraction of sp³-hybridized carbons (Fsp3) is 0.615. The Hall–Kier alpha value is -1.09. The van der Waals surface area contributed by atoms with Crippen molar-refractivity contribution in [3.05, 3.63) is 22.5 Å². The first-order valence-corrected chi connectivity index (χ1v) is 6.23. The highest BCUT2D eigenvalue weighted by Crippen LogP contribution is 2.31. The van der Waals surface area contributed by atoms with E-state index in [9.17, 15) is 0 Å². The van der Waals surface area contributed by atoms with Gasteiger partial charge in [-0.05, 0) is 38.3 Å². The number of rotatable bonds is 0. The second-order valence-electron chi connectivity index (χ2n) is 5.07. The molecule has 2 aliphatic rings. The predicted octanol–water partition coefficient (Wildman–Crippen LogP) is 1.53. The van der Waals surface area contributed by atoms with E-state index in [2.05, 4.69) is 11.9 Å². The molecule has 16 heavy (non-hydrogen) atoms. The van der Waals surface area contributed by atoms with Crippen LogP contribution in [0.5, 0.6) is 0 Å². The van der Waals surface area contributed by atoms with Gasteiger partial charge in [0.25, 0.3) is 0 Å². The largest absolute Gasteiger partial charge is 0.398 e. The monoisotopic (exact) mass is 217 g/mol. The zero-order valence-corrected chi connectivity index (χ0v) is 9.92. The fourth-order valence-electron chi connectivity index (χ4n) is 2.90. The van der Waals surface area contributed by atoms with Crippen molar-refractivity contribution >= 4 is 5.69 Å². The van der Waals surface area contributed by atoms with Crippen LogP contribution < -0.4 is 5.73 Å². The van der Waals surface area contributed by atoms with Crippen molar-refractivity contribution in [3.8, 4) is 0 Å². The van der Waals surface area contributed by atoms with E-state index in [-0.39, 0.29) is 0 Å². The molecule has 0 bridgehead atoms. The van der Waals surface area contributed by atoms with Crippen LogP contribution in [-0.4, -0.2) is 23.5 Å². The second kappa shape index (κ2) is 3.74. The van der Waals surface area contributed by atoms with Gasteiger partial charge in [0.2, 0.25) is 0 Å². The normalized spacial score (nSPS) is 20.3. The molecule has 0 saturated carbocycles. The maximum absolute atomic E-state index is 6.32. The van der Waals surface area contributed by atoms with Crippen molar-refractivity contribution in [1.29, 1.82) is 0 Å². The van der Waals surface area contributed by atoms with Gasteiger partial charge in [0, 0.05) is 42.1 Å². The molecule has 3 heteroatoms. The molecule has 0 atom stereocenters.